The molecule has 0 amide bonds. The second kappa shape index (κ2) is 6.14. The summed E-state index contributed by atoms with van der Waals surface area (Å²) >= 11 is 0. The van der Waals surface area contributed by atoms with Crippen molar-refractivity contribution in [2.45, 2.75) is 31.8 Å². The fourth-order valence-corrected chi connectivity index (χ4v) is 2.01. The Morgan fingerprint density at radius 1 is 1.42 bits per heavy atom. The molecule has 5 nitrogen and oxygen atoms in total. The summed E-state index contributed by atoms with van der Waals surface area (Å²) in [5.41, 5.74) is 1.57. The van der Waals surface area contributed by atoms with E-state index in [9.17, 15) is 9.90 Å². The standard InChI is InChI=1S/C14H18O5/c1-9-3-5-10(6-4-9)14(16)19-11-7-13(17-2)18-12(11)8-15/h3-6,11-13,15H,7-8H2,1-2H3/t11-,12+,13-/m0/s1. The number of rotatable bonds is 4. The Kier molecular flexibility index (Phi) is 4.52. The van der Waals surface area contributed by atoms with Crippen LogP contribution in [0.1, 0.15) is 22.3 Å². The van der Waals surface area contributed by atoms with Crippen LogP contribution < -0.4 is 0 Å². The third-order valence-corrected chi connectivity index (χ3v) is 3.15. The van der Waals surface area contributed by atoms with E-state index in [-0.39, 0.29) is 6.61 Å². The number of carbonyl (C=O) groups is 1. The number of aryl methyl sites for hydroxylation is 1. The van der Waals surface area contributed by atoms with Gasteiger partial charge in [0, 0.05) is 13.5 Å². The first-order valence-electron chi connectivity index (χ1n) is 6.20. The molecular formula is C14H18O5. The Hall–Kier alpha value is -1.43. The molecule has 0 unspecified atom stereocenters. The monoisotopic (exact) mass is 266 g/mol. The van der Waals surface area contributed by atoms with E-state index in [2.05, 4.69) is 0 Å². The van der Waals surface area contributed by atoms with Gasteiger partial charge in [0.2, 0.25) is 0 Å². The predicted octanol–water partition coefficient (Wildman–Crippen LogP) is 1.27. The highest BCUT2D eigenvalue weighted by atomic mass is 16.7. The molecule has 0 aromatic heterocycles. The van der Waals surface area contributed by atoms with Crippen LogP contribution in [0, 0.1) is 6.92 Å². The molecule has 1 aromatic rings. The number of methoxy groups -OCH3 is 1. The minimum Gasteiger partial charge on any atom is -0.456 e. The van der Waals surface area contributed by atoms with E-state index in [4.69, 9.17) is 14.2 Å². The highest BCUT2D eigenvalue weighted by Crippen LogP contribution is 2.24. The molecule has 0 saturated carbocycles. The maximum atomic E-state index is 12.0. The third kappa shape index (κ3) is 3.32. The Balaban J connectivity index is 2.00. The van der Waals surface area contributed by atoms with Gasteiger partial charge in [-0.1, -0.05) is 17.7 Å². The SMILES string of the molecule is CO[C@@H]1C[C@H](OC(=O)c2ccc(C)cc2)[C@@H](CO)O1. The Morgan fingerprint density at radius 3 is 2.68 bits per heavy atom. The van der Waals surface area contributed by atoms with Crippen molar-refractivity contribution >= 4 is 5.97 Å². The number of aliphatic hydroxyl groups excluding tert-OH is 1. The maximum Gasteiger partial charge on any atom is 0.338 e. The second-order valence-electron chi connectivity index (χ2n) is 4.57. The van der Waals surface area contributed by atoms with Gasteiger partial charge in [-0.05, 0) is 19.1 Å². The first-order chi connectivity index (χ1) is 9.13. The van der Waals surface area contributed by atoms with Crippen LogP contribution >= 0.6 is 0 Å². The molecule has 0 radical (unpaired) electrons. The molecule has 5 heteroatoms. The quantitative estimate of drug-likeness (QED) is 0.831. The van der Waals surface area contributed by atoms with Crippen molar-refractivity contribution in [3.63, 3.8) is 0 Å². The lowest BCUT2D eigenvalue weighted by Gasteiger charge is -2.16. The van der Waals surface area contributed by atoms with Gasteiger partial charge in [0.15, 0.2) is 6.29 Å². The molecule has 0 aliphatic carbocycles. The van der Waals surface area contributed by atoms with Gasteiger partial charge in [-0.25, -0.2) is 4.79 Å². The lowest BCUT2D eigenvalue weighted by molar-refractivity contribution is -0.127. The fraction of sp³-hybridized carbons (Fsp3) is 0.500. The maximum absolute atomic E-state index is 12.0. The number of hydrogen-bond donors (Lipinski definition) is 1. The van der Waals surface area contributed by atoms with Gasteiger partial charge in [-0.3, -0.25) is 0 Å². The number of carbonyl (C=O) groups excluding carboxylic acids is 1. The lowest BCUT2D eigenvalue weighted by Crippen LogP contribution is -2.30. The number of aliphatic hydroxyl groups is 1. The summed E-state index contributed by atoms with van der Waals surface area (Å²) in [6, 6.07) is 7.14. The van der Waals surface area contributed by atoms with Gasteiger partial charge in [0.1, 0.15) is 12.2 Å². The minimum atomic E-state index is -0.528. The molecule has 1 aliphatic rings. The molecule has 1 fully saturated rings. The highest BCUT2D eigenvalue weighted by Gasteiger charge is 2.37. The third-order valence-electron chi connectivity index (χ3n) is 3.15. The summed E-state index contributed by atoms with van der Waals surface area (Å²) in [6.45, 7) is 1.75. The predicted molar refractivity (Wildman–Crippen MR) is 67.8 cm³/mol. The van der Waals surface area contributed by atoms with Crippen LogP contribution in [0.25, 0.3) is 0 Å². The van der Waals surface area contributed by atoms with Crippen LogP contribution in [-0.4, -0.2) is 43.3 Å². The molecule has 104 valence electrons. The van der Waals surface area contributed by atoms with E-state index in [1.54, 1.807) is 12.1 Å². The highest BCUT2D eigenvalue weighted by molar-refractivity contribution is 5.89. The second-order valence-corrected chi connectivity index (χ2v) is 4.57. The molecule has 1 heterocycles. The molecule has 0 spiro atoms. The molecule has 19 heavy (non-hydrogen) atoms. The van der Waals surface area contributed by atoms with Crippen molar-refractivity contribution in [3.8, 4) is 0 Å². The van der Waals surface area contributed by atoms with Crippen LogP contribution in [-0.2, 0) is 14.2 Å². The van der Waals surface area contributed by atoms with Crippen molar-refractivity contribution in [2.75, 3.05) is 13.7 Å². The molecular weight excluding hydrogens is 248 g/mol. The lowest BCUT2D eigenvalue weighted by atomic mass is 10.1. The summed E-state index contributed by atoms with van der Waals surface area (Å²) in [4.78, 5) is 12.0. The van der Waals surface area contributed by atoms with Crippen molar-refractivity contribution in [1.29, 1.82) is 0 Å². The normalized spacial score (nSPS) is 26.4. The number of ether oxygens (including phenoxy) is 3. The van der Waals surface area contributed by atoms with E-state index >= 15 is 0 Å². The zero-order valence-electron chi connectivity index (χ0n) is 11.0. The number of benzene rings is 1. The number of esters is 1. The van der Waals surface area contributed by atoms with E-state index in [1.165, 1.54) is 7.11 Å². The molecule has 1 aromatic carbocycles. The average Bonchev–Trinajstić information content (AvgIpc) is 2.81. The zero-order valence-corrected chi connectivity index (χ0v) is 11.0. The Labute approximate surface area is 112 Å². The van der Waals surface area contributed by atoms with Crippen LogP contribution in [0.2, 0.25) is 0 Å². The molecule has 0 bridgehead atoms. The van der Waals surface area contributed by atoms with Gasteiger partial charge < -0.3 is 19.3 Å². The van der Waals surface area contributed by atoms with Gasteiger partial charge in [0.05, 0.1) is 12.2 Å². The molecule has 1 N–H and O–H groups in total. The first-order valence-corrected chi connectivity index (χ1v) is 6.20. The van der Waals surface area contributed by atoms with E-state index in [0.29, 0.717) is 12.0 Å². The topological polar surface area (TPSA) is 65.0 Å². The minimum absolute atomic E-state index is 0.203. The summed E-state index contributed by atoms with van der Waals surface area (Å²) in [5.74, 6) is -0.413. The summed E-state index contributed by atoms with van der Waals surface area (Å²) in [5, 5.41) is 9.20. The zero-order chi connectivity index (χ0) is 13.8. The largest absolute Gasteiger partial charge is 0.456 e. The van der Waals surface area contributed by atoms with E-state index in [1.807, 2.05) is 19.1 Å². The summed E-state index contributed by atoms with van der Waals surface area (Å²) in [7, 11) is 1.52. The van der Waals surface area contributed by atoms with Crippen molar-refractivity contribution in [3.05, 3.63) is 35.4 Å². The fourth-order valence-electron chi connectivity index (χ4n) is 2.01. The Morgan fingerprint density at radius 2 is 2.11 bits per heavy atom. The van der Waals surface area contributed by atoms with E-state index in [0.717, 1.165) is 5.56 Å². The number of hydrogen-bond acceptors (Lipinski definition) is 5. The van der Waals surface area contributed by atoms with Gasteiger partial charge >= 0.3 is 5.97 Å². The molecule has 3 atom stereocenters. The smallest absolute Gasteiger partial charge is 0.338 e. The van der Waals surface area contributed by atoms with Gasteiger partial charge in [-0.15, -0.1) is 0 Å². The van der Waals surface area contributed by atoms with Crippen molar-refractivity contribution in [2.24, 2.45) is 0 Å². The molecule has 1 saturated heterocycles. The van der Waals surface area contributed by atoms with E-state index < -0.39 is 24.5 Å². The summed E-state index contributed by atoms with van der Waals surface area (Å²) < 4.78 is 15.8. The van der Waals surface area contributed by atoms with Crippen molar-refractivity contribution < 1.29 is 24.1 Å². The van der Waals surface area contributed by atoms with Crippen LogP contribution in [0.15, 0.2) is 24.3 Å². The van der Waals surface area contributed by atoms with Crippen molar-refractivity contribution in [1.82, 2.24) is 0 Å². The van der Waals surface area contributed by atoms with Crippen LogP contribution in [0.3, 0.4) is 0 Å². The van der Waals surface area contributed by atoms with Crippen LogP contribution in [0.4, 0.5) is 0 Å². The van der Waals surface area contributed by atoms with Gasteiger partial charge in [-0.2, -0.15) is 0 Å². The Bertz CT molecular complexity index is 428. The first kappa shape index (κ1) is 14.0. The summed E-state index contributed by atoms with van der Waals surface area (Å²) in [6.07, 6.45) is -1.02. The molecule has 2 rings (SSSR count). The van der Waals surface area contributed by atoms with Gasteiger partial charge in [0.25, 0.3) is 0 Å². The van der Waals surface area contributed by atoms with Crippen LogP contribution in [0.5, 0.6) is 0 Å². The average molecular weight is 266 g/mol. The molecule has 1 aliphatic heterocycles.